The number of hydrogen-bond donors (Lipinski definition) is 1. The number of hydrogen-bond acceptors (Lipinski definition) is 2. The van der Waals surface area contributed by atoms with Gasteiger partial charge in [0.1, 0.15) is 0 Å². The van der Waals surface area contributed by atoms with Crippen molar-refractivity contribution in [2.75, 3.05) is 0 Å². The van der Waals surface area contributed by atoms with Crippen molar-refractivity contribution in [3.63, 3.8) is 0 Å². The standard InChI is InChI=1S/C18H21N3/c1-12-4-6-15(7-5-12)16(19)10-21-11-20-17-8-13(2)14(3)9-18(17)21/h4-9,11,16H,10,19H2,1-3H3. The van der Waals surface area contributed by atoms with Gasteiger partial charge in [-0.05, 0) is 49.6 Å². The maximum Gasteiger partial charge on any atom is 0.0958 e. The first-order valence-corrected chi connectivity index (χ1v) is 7.29. The van der Waals surface area contributed by atoms with Crippen molar-refractivity contribution in [1.29, 1.82) is 0 Å². The van der Waals surface area contributed by atoms with E-state index in [1.165, 1.54) is 16.7 Å². The third-order valence-corrected chi connectivity index (χ3v) is 4.14. The smallest absolute Gasteiger partial charge is 0.0958 e. The Morgan fingerprint density at radius 3 is 2.43 bits per heavy atom. The van der Waals surface area contributed by atoms with Crippen molar-refractivity contribution >= 4 is 11.0 Å². The molecule has 0 aliphatic heterocycles. The fourth-order valence-electron chi connectivity index (χ4n) is 2.59. The number of benzene rings is 2. The number of rotatable bonds is 3. The number of fused-ring (bicyclic) bond motifs is 1. The molecule has 3 nitrogen and oxygen atoms in total. The molecule has 0 bridgehead atoms. The van der Waals surface area contributed by atoms with Crippen molar-refractivity contribution in [2.24, 2.45) is 5.73 Å². The minimum atomic E-state index is -0.0235. The van der Waals surface area contributed by atoms with Gasteiger partial charge in [-0.25, -0.2) is 4.98 Å². The summed E-state index contributed by atoms with van der Waals surface area (Å²) in [5, 5.41) is 0. The van der Waals surface area contributed by atoms with Crippen LogP contribution in [-0.2, 0) is 6.54 Å². The first-order valence-electron chi connectivity index (χ1n) is 7.29. The van der Waals surface area contributed by atoms with Crippen LogP contribution in [0, 0.1) is 20.8 Å². The van der Waals surface area contributed by atoms with Gasteiger partial charge < -0.3 is 10.3 Å². The van der Waals surface area contributed by atoms with Gasteiger partial charge in [-0.15, -0.1) is 0 Å². The largest absolute Gasteiger partial charge is 0.329 e. The second-order valence-electron chi connectivity index (χ2n) is 5.84. The Bertz CT molecular complexity index is 769. The van der Waals surface area contributed by atoms with Crippen LogP contribution in [0.2, 0.25) is 0 Å². The quantitative estimate of drug-likeness (QED) is 0.795. The molecule has 0 saturated carbocycles. The molecule has 21 heavy (non-hydrogen) atoms. The summed E-state index contributed by atoms with van der Waals surface area (Å²) in [7, 11) is 0. The van der Waals surface area contributed by atoms with E-state index in [0.717, 1.165) is 23.1 Å². The molecule has 1 atom stereocenters. The monoisotopic (exact) mass is 279 g/mol. The summed E-state index contributed by atoms with van der Waals surface area (Å²) in [4.78, 5) is 4.49. The van der Waals surface area contributed by atoms with E-state index >= 15 is 0 Å². The molecule has 2 N–H and O–H groups in total. The fraction of sp³-hybridized carbons (Fsp3) is 0.278. The molecule has 1 unspecified atom stereocenters. The second-order valence-corrected chi connectivity index (χ2v) is 5.84. The molecule has 0 aliphatic carbocycles. The highest BCUT2D eigenvalue weighted by Gasteiger charge is 2.10. The number of nitrogens with zero attached hydrogens (tertiary/aromatic N) is 2. The van der Waals surface area contributed by atoms with Gasteiger partial charge in [0.2, 0.25) is 0 Å². The summed E-state index contributed by atoms with van der Waals surface area (Å²) in [5.41, 5.74) is 13.5. The SMILES string of the molecule is Cc1ccc(C(N)Cn2cnc3cc(C)c(C)cc32)cc1. The molecule has 0 fully saturated rings. The van der Waals surface area contributed by atoms with E-state index in [9.17, 15) is 0 Å². The Hall–Kier alpha value is -2.13. The summed E-state index contributed by atoms with van der Waals surface area (Å²) in [6.45, 7) is 7.07. The maximum atomic E-state index is 6.35. The van der Waals surface area contributed by atoms with E-state index in [4.69, 9.17) is 5.73 Å². The fourth-order valence-corrected chi connectivity index (χ4v) is 2.59. The molecule has 108 valence electrons. The predicted molar refractivity (Wildman–Crippen MR) is 87.3 cm³/mol. The van der Waals surface area contributed by atoms with E-state index in [0.29, 0.717) is 0 Å². The van der Waals surface area contributed by atoms with Crippen LogP contribution in [0.4, 0.5) is 0 Å². The third-order valence-electron chi connectivity index (χ3n) is 4.14. The van der Waals surface area contributed by atoms with Crippen molar-refractivity contribution in [2.45, 2.75) is 33.4 Å². The Morgan fingerprint density at radius 1 is 1.05 bits per heavy atom. The van der Waals surface area contributed by atoms with Gasteiger partial charge in [0.25, 0.3) is 0 Å². The molecule has 3 rings (SSSR count). The van der Waals surface area contributed by atoms with Crippen molar-refractivity contribution < 1.29 is 0 Å². The van der Waals surface area contributed by atoms with Crippen LogP contribution in [0.3, 0.4) is 0 Å². The number of imidazole rings is 1. The number of nitrogens with two attached hydrogens (primary N) is 1. The Labute approximate surface area is 125 Å². The van der Waals surface area contributed by atoms with Crippen LogP contribution in [0.15, 0.2) is 42.7 Å². The van der Waals surface area contributed by atoms with Crippen LogP contribution >= 0.6 is 0 Å². The predicted octanol–water partition coefficient (Wildman–Crippen LogP) is 3.66. The van der Waals surface area contributed by atoms with Crippen LogP contribution < -0.4 is 5.73 Å². The molecule has 1 heterocycles. The molecular formula is C18H21N3. The second kappa shape index (κ2) is 5.34. The minimum absolute atomic E-state index is 0.0235. The van der Waals surface area contributed by atoms with Gasteiger partial charge in [0, 0.05) is 12.6 Å². The highest BCUT2D eigenvalue weighted by Crippen LogP contribution is 2.21. The lowest BCUT2D eigenvalue weighted by Crippen LogP contribution is -2.17. The first kappa shape index (κ1) is 13.8. The average molecular weight is 279 g/mol. The van der Waals surface area contributed by atoms with Gasteiger partial charge in [0.15, 0.2) is 0 Å². The summed E-state index contributed by atoms with van der Waals surface area (Å²) in [6, 6.07) is 12.7. The molecule has 0 spiro atoms. The normalized spacial score (nSPS) is 12.8. The molecule has 2 aromatic carbocycles. The van der Waals surface area contributed by atoms with E-state index in [1.807, 2.05) is 6.33 Å². The molecular weight excluding hydrogens is 258 g/mol. The molecule has 3 aromatic rings. The highest BCUT2D eigenvalue weighted by molar-refractivity contribution is 5.77. The summed E-state index contributed by atoms with van der Waals surface area (Å²) in [6.07, 6.45) is 1.89. The topological polar surface area (TPSA) is 43.8 Å². The maximum absolute atomic E-state index is 6.35. The van der Waals surface area contributed by atoms with Crippen LogP contribution in [-0.4, -0.2) is 9.55 Å². The highest BCUT2D eigenvalue weighted by atomic mass is 15.1. The van der Waals surface area contributed by atoms with E-state index in [1.54, 1.807) is 0 Å². The van der Waals surface area contributed by atoms with Gasteiger partial charge in [0.05, 0.1) is 17.4 Å². The van der Waals surface area contributed by atoms with Crippen molar-refractivity contribution in [3.05, 3.63) is 65.0 Å². The summed E-state index contributed by atoms with van der Waals surface area (Å²) in [5.74, 6) is 0. The van der Waals surface area contributed by atoms with Crippen LogP contribution in [0.5, 0.6) is 0 Å². The number of aromatic nitrogens is 2. The molecule has 0 aliphatic rings. The summed E-state index contributed by atoms with van der Waals surface area (Å²) >= 11 is 0. The van der Waals surface area contributed by atoms with E-state index < -0.39 is 0 Å². The van der Waals surface area contributed by atoms with Gasteiger partial charge >= 0.3 is 0 Å². The molecule has 3 heteroatoms. The van der Waals surface area contributed by atoms with Crippen LogP contribution in [0.1, 0.15) is 28.3 Å². The Balaban J connectivity index is 1.91. The lowest BCUT2D eigenvalue weighted by molar-refractivity contribution is 0.588. The van der Waals surface area contributed by atoms with E-state index in [2.05, 4.69) is 66.7 Å². The number of aryl methyl sites for hydroxylation is 3. The average Bonchev–Trinajstić information content (AvgIpc) is 2.82. The lowest BCUT2D eigenvalue weighted by atomic mass is 10.1. The molecule has 1 aromatic heterocycles. The van der Waals surface area contributed by atoms with Gasteiger partial charge in [-0.1, -0.05) is 29.8 Å². The Kier molecular flexibility index (Phi) is 3.52. The zero-order valence-electron chi connectivity index (χ0n) is 12.8. The minimum Gasteiger partial charge on any atom is -0.329 e. The molecule has 0 radical (unpaired) electrons. The zero-order valence-corrected chi connectivity index (χ0v) is 12.8. The first-order chi connectivity index (χ1) is 10.0. The molecule has 0 saturated heterocycles. The molecule has 0 amide bonds. The summed E-state index contributed by atoms with van der Waals surface area (Å²) < 4.78 is 2.15. The lowest BCUT2D eigenvalue weighted by Gasteiger charge is -2.14. The van der Waals surface area contributed by atoms with Gasteiger partial charge in [-0.3, -0.25) is 0 Å². The zero-order chi connectivity index (χ0) is 15.0. The van der Waals surface area contributed by atoms with Gasteiger partial charge in [-0.2, -0.15) is 0 Å². The Morgan fingerprint density at radius 2 is 1.71 bits per heavy atom. The van der Waals surface area contributed by atoms with Crippen molar-refractivity contribution in [3.8, 4) is 0 Å². The van der Waals surface area contributed by atoms with E-state index in [-0.39, 0.29) is 6.04 Å². The van der Waals surface area contributed by atoms with Crippen LogP contribution in [0.25, 0.3) is 11.0 Å². The van der Waals surface area contributed by atoms with Crippen molar-refractivity contribution in [1.82, 2.24) is 9.55 Å². The third kappa shape index (κ3) is 2.69.